The van der Waals surface area contributed by atoms with Crippen molar-refractivity contribution in [2.45, 2.75) is 12.8 Å². The molecule has 1 saturated carbocycles. The number of hydrogen-bond donors (Lipinski definition) is 1. The second-order valence-electron chi connectivity index (χ2n) is 2.86. The molecule has 1 fully saturated rings. The average Bonchev–Trinajstić information content (AvgIpc) is 1.92. The molecular formula is C9H11N. The van der Waals surface area contributed by atoms with E-state index in [1.54, 1.807) is 0 Å². The minimum atomic E-state index is 0.649. The van der Waals surface area contributed by atoms with Gasteiger partial charge in [0.2, 0.25) is 0 Å². The van der Waals surface area contributed by atoms with Gasteiger partial charge in [0.15, 0.2) is 0 Å². The summed E-state index contributed by atoms with van der Waals surface area (Å²) in [5, 5.41) is 0. The van der Waals surface area contributed by atoms with Crippen molar-refractivity contribution < 1.29 is 0 Å². The van der Waals surface area contributed by atoms with Gasteiger partial charge < -0.3 is 5.73 Å². The number of allylic oxidation sites excluding steroid dienone is 2. The lowest BCUT2D eigenvalue weighted by Gasteiger charge is -2.32. The van der Waals surface area contributed by atoms with E-state index in [4.69, 9.17) is 5.73 Å². The van der Waals surface area contributed by atoms with E-state index in [2.05, 4.69) is 17.9 Å². The highest BCUT2D eigenvalue weighted by atomic mass is 14.6. The summed E-state index contributed by atoms with van der Waals surface area (Å²) in [5.74, 6) is 0.649. The fourth-order valence-electron chi connectivity index (χ4n) is 1.60. The molecule has 0 saturated heterocycles. The quantitative estimate of drug-likeness (QED) is 0.537. The van der Waals surface area contributed by atoms with E-state index in [9.17, 15) is 0 Å². The summed E-state index contributed by atoms with van der Waals surface area (Å²) in [4.78, 5) is 0. The van der Waals surface area contributed by atoms with Gasteiger partial charge in [-0.05, 0) is 36.6 Å². The molecule has 1 heteroatoms. The van der Waals surface area contributed by atoms with Crippen molar-refractivity contribution in [1.29, 1.82) is 0 Å². The summed E-state index contributed by atoms with van der Waals surface area (Å²) in [7, 11) is 0. The minimum absolute atomic E-state index is 0.649. The van der Waals surface area contributed by atoms with Crippen LogP contribution in [0.3, 0.4) is 0 Å². The molecule has 1 nitrogen and oxygen atoms in total. The molecule has 0 heterocycles. The van der Waals surface area contributed by atoms with Gasteiger partial charge in [0.25, 0.3) is 0 Å². The second-order valence-corrected chi connectivity index (χ2v) is 2.86. The molecule has 2 N–H and O–H groups in total. The maximum Gasteiger partial charge on any atom is 0.00135 e. The first-order valence-corrected chi connectivity index (χ1v) is 3.76. The Morgan fingerprint density at radius 1 is 1.70 bits per heavy atom. The van der Waals surface area contributed by atoms with Crippen LogP contribution >= 0.6 is 0 Å². The first kappa shape index (κ1) is 5.96. The third kappa shape index (κ3) is 0.683. The zero-order valence-corrected chi connectivity index (χ0v) is 5.93. The van der Waals surface area contributed by atoms with Crippen molar-refractivity contribution in [3.05, 3.63) is 29.0 Å². The zero-order valence-electron chi connectivity index (χ0n) is 5.93. The predicted molar refractivity (Wildman–Crippen MR) is 41.5 cm³/mol. The topological polar surface area (TPSA) is 26.0 Å². The Hall–Kier alpha value is -0.780. The first-order valence-electron chi connectivity index (χ1n) is 3.76. The molecule has 0 aromatic rings. The average molecular weight is 133 g/mol. The molecule has 2 aliphatic carbocycles. The van der Waals surface area contributed by atoms with Crippen LogP contribution < -0.4 is 5.73 Å². The van der Waals surface area contributed by atoms with Crippen molar-refractivity contribution in [3.63, 3.8) is 0 Å². The van der Waals surface area contributed by atoms with Gasteiger partial charge in [0, 0.05) is 5.92 Å². The van der Waals surface area contributed by atoms with Crippen LogP contribution in [0, 0.1) is 5.92 Å². The van der Waals surface area contributed by atoms with E-state index in [-0.39, 0.29) is 0 Å². The highest BCUT2D eigenvalue weighted by Crippen LogP contribution is 2.39. The largest absolute Gasteiger partial charge is 0.330 e. The lowest BCUT2D eigenvalue weighted by Crippen LogP contribution is -2.27. The van der Waals surface area contributed by atoms with Crippen LogP contribution in [-0.2, 0) is 0 Å². The molecule has 2 aliphatic rings. The molecule has 1 atom stereocenters. The highest BCUT2D eigenvalue weighted by Gasteiger charge is 2.28. The summed E-state index contributed by atoms with van der Waals surface area (Å²) in [6.45, 7) is 0.803. The van der Waals surface area contributed by atoms with Gasteiger partial charge in [-0.15, -0.1) is 5.73 Å². The second kappa shape index (κ2) is 2.12. The monoisotopic (exact) mass is 133 g/mol. The van der Waals surface area contributed by atoms with Gasteiger partial charge in [-0.1, -0.05) is 6.08 Å². The van der Waals surface area contributed by atoms with Crippen LogP contribution in [0.25, 0.3) is 0 Å². The Morgan fingerprint density at radius 3 is 3.30 bits per heavy atom. The van der Waals surface area contributed by atoms with Crippen LogP contribution in [0.4, 0.5) is 0 Å². The Kier molecular flexibility index (Phi) is 1.26. The predicted octanol–water partition coefficient (Wildman–Crippen LogP) is 1.38. The van der Waals surface area contributed by atoms with E-state index < -0.39 is 0 Å². The van der Waals surface area contributed by atoms with E-state index in [0.29, 0.717) is 5.92 Å². The first-order chi connectivity index (χ1) is 4.92. The highest BCUT2D eigenvalue weighted by molar-refractivity contribution is 5.44. The Balaban J connectivity index is 2.25. The molecular weight excluding hydrogens is 122 g/mol. The Labute approximate surface area is 60.9 Å². The summed E-state index contributed by atoms with van der Waals surface area (Å²) >= 11 is 0. The lowest BCUT2D eigenvalue weighted by molar-refractivity contribution is 0.544. The van der Waals surface area contributed by atoms with Gasteiger partial charge in [-0.25, -0.2) is 0 Å². The lowest BCUT2D eigenvalue weighted by atomic mass is 9.73. The van der Waals surface area contributed by atoms with Crippen LogP contribution in [-0.4, -0.2) is 6.54 Å². The summed E-state index contributed by atoms with van der Waals surface area (Å²) in [6.07, 6.45) is 6.56. The molecule has 0 aromatic heterocycles. The van der Waals surface area contributed by atoms with Gasteiger partial charge >= 0.3 is 0 Å². The van der Waals surface area contributed by atoms with Crippen LogP contribution in [0.2, 0.25) is 0 Å². The third-order valence-electron chi connectivity index (χ3n) is 2.26. The fourth-order valence-corrected chi connectivity index (χ4v) is 1.60. The van der Waals surface area contributed by atoms with Crippen LogP contribution in [0.1, 0.15) is 12.8 Å². The van der Waals surface area contributed by atoms with Gasteiger partial charge in [0.1, 0.15) is 0 Å². The number of nitrogens with two attached hydrogens (primary N) is 1. The molecule has 0 bridgehead atoms. The van der Waals surface area contributed by atoms with Crippen LogP contribution in [0.15, 0.2) is 29.0 Å². The number of hydrogen-bond acceptors (Lipinski definition) is 1. The zero-order chi connectivity index (χ0) is 6.97. The molecule has 0 amide bonds. The van der Waals surface area contributed by atoms with Gasteiger partial charge in [0.05, 0.1) is 0 Å². The maximum absolute atomic E-state index is 5.55. The molecule has 52 valence electrons. The normalized spacial score (nSPS) is 28.3. The molecule has 0 radical (unpaired) electrons. The third-order valence-corrected chi connectivity index (χ3v) is 2.26. The van der Waals surface area contributed by atoms with E-state index in [0.717, 1.165) is 19.4 Å². The van der Waals surface area contributed by atoms with Crippen molar-refractivity contribution >= 4 is 0 Å². The standard InChI is InChI=1S/C9H11N/c10-6-8-5-7-3-1-2-4-9(7)8/h1,4,8H,2,5-6,10H2. The Morgan fingerprint density at radius 2 is 2.60 bits per heavy atom. The van der Waals surface area contributed by atoms with Crippen molar-refractivity contribution in [2.24, 2.45) is 11.7 Å². The maximum atomic E-state index is 5.55. The summed E-state index contributed by atoms with van der Waals surface area (Å²) in [5.41, 5.74) is 11.7. The summed E-state index contributed by atoms with van der Waals surface area (Å²) in [6, 6.07) is 0. The Bertz CT molecular complexity index is 241. The molecule has 0 aliphatic heterocycles. The number of rotatable bonds is 1. The van der Waals surface area contributed by atoms with Crippen molar-refractivity contribution in [3.8, 4) is 0 Å². The smallest absolute Gasteiger partial charge is 0.00135 e. The van der Waals surface area contributed by atoms with Crippen molar-refractivity contribution in [2.75, 3.05) is 6.54 Å². The van der Waals surface area contributed by atoms with E-state index in [1.165, 1.54) is 11.1 Å². The molecule has 0 aromatic carbocycles. The molecule has 1 unspecified atom stereocenters. The van der Waals surface area contributed by atoms with E-state index in [1.807, 2.05) is 0 Å². The molecule has 10 heavy (non-hydrogen) atoms. The van der Waals surface area contributed by atoms with Crippen LogP contribution in [0.5, 0.6) is 0 Å². The summed E-state index contributed by atoms with van der Waals surface area (Å²) < 4.78 is 0. The van der Waals surface area contributed by atoms with Crippen molar-refractivity contribution in [1.82, 2.24) is 0 Å². The van der Waals surface area contributed by atoms with E-state index >= 15 is 0 Å². The molecule has 2 rings (SSSR count). The fraction of sp³-hybridized carbons (Fsp3) is 0.444. The van der Waals surface area contributed by atoms with Gasteiger partial charge in [-0.2, -0.15) is 0 Å². The van der Waals surface area contributed by atoms with Gasteiger partial charge in [-0.3, -0.25) is 0 Å². The SMILES string of the molecule is NCC1CC2=C=CCC=C21. The molecule has 0 spiro atoms. The minimum Gasteiger partial charge on any atom is -0.330 e. The number of fused-ring (bicyclic) bond motifs is 1.